The first-order valence-electron chi connectivity index (χ1n) is 5.98. The van der Waals surface area contributed by atoms with Gasteiger partial charge in [-0.1, -0.05) is 49.1 Å². The maximum Gasteiger partial charge on any atom is 0.0935 e. The van der Waals surface area contributed by atoms with Crippen molar-refractivity contribution < 1.29 is 5.11 Å². The van der Waals surface area contributed by atoms with Gasteiger partial charge in [-0.15, -0.1) is 0 Å². The van der Waals surface area contributed by atoms with E-state index in [0.717, 1.165) is 31.6 Å². The van der Waals surface area contributed by atoms with Gasteiger partial charge in [0, 0.05) is 25.6 Å². The Kier molecular flexibility index (Phi) is 3.64. The Morgan fingerprint density at radius 3 is 2.71 bits per heavy atom. The molecule has 0 saturated carbocycles. The number of likely N-dealkylation sites (tertiary alicyclic amines) is 1. The summed E-state index contributed by atoms with van der Waals surface area (Å²) in [6, 6.07) is 10.4. The molecule has 0 aromatic heterocycles. The number of rotatable bonds is 3. The van der Waals surface area contributed by atoms with Crippen LogP contribution in [0.2, 0.25) is 0 Å². The van der Waals surface area contributed by atoms with E-state index in [1.807, 2.05) is 6.07 Å². The number of hydrogen-bond acceptors (Lipinski definition) is 2. The summed E-state index contributed by atoms with van der Waals surface area (Å²) in [6.45, 7) is 10.4. The lowest BCUT2D eigenvalue weighted by Gasteiger charge is -2.33. The van der Waals surface area contributed by atoms with Gasteiger partial charge in [0.25, 0.3) is 0 Å². The van der Waals surface area contributed by atoms with Crippen LogP contribution in [0.25, 0.3) is 0 Å². The molecule has 1 unspecified atom stereocenters. The molecule has 1 fully saturated rings. The van der Waals surface area contributed by atoms with Crippen LogP contribution in [0.3, 0.4) is 0 Å². The number of aliphatic hydroxyl groups excluding tert-OH is 1. The molecule has 1 heterocycles. The van der Waals surface area contributed by atoms with Crippen LogP contribution in [0.5, 0.6) is 0 Å². The molecule has 1 aromatic carbocycles. The predicted molar refractivity (Wildman–Crippen MR) is 70.7 cm³/mol. The van der Waals surface area contributed by atoms with Crippen molar-refractivity contribution in [3.8, 4) is 0 Å². The highest BCUT2D eigenvalue weighted by molar-refractivity contribution is 5.18. The molecule has 0 radical (unpaired) electrons. The van der Waals surface area contributed by atoms with Crippen molar-refractivity contribution in [2.45, 2.75) is 13.0 Å². The second kappa shape index (κ2) is 5.19. The first-order chi connectivity index (χ1) is 8.16. The summed E-state index contributed by atoms with van der Waals surface area (Å²) in [5.41, 5.74) is 2.41. The second-order valence-electron chi connectivity index (χ2n) is 4.67. The Bertz CT molecular complexity index is 410. The number of benzene rings is 1. The van der Waals surface area contributed by atoms with Crippen LogP contribution >= 0.6 is 0 Å². The lowest BCUT2D eigenvalue weighted by atomic mass is 9.91. The predicted octanol–water partition coefficient (Wildman–Crippen LogP) is 3.14. The Hall–Kier alpha value is -1.54. The number of hydrogen-bond donors (Lipinski definition) is 1. The SMILES string of the molecule is C=C(O)C1CN(Cc2ccccc2)CCC1=C. The molecular formula is C15H19NO. The second-order valence-corrected chi connectivity index (χ2v) is 4.67. The molecule has 0 amide bonds. The maximum absolute atomic E-state index is 9.55. The van der Waals surface area contributed by atoms with Crippen molar-refractivity contribution in [1.29, 1.82) is 0 Å². The molecule has 1 aliphatic heterocycles. The topological polar surface area (TPSA) is 23.5 Å². The fourth-order valence-electron chi connectivity index (χ4n) is 2.28. The third-order valence-corrected chi connectivity index (χ3v) is 3.33. The minimum atomic E-state index is 0.0347. The summed E-state index contributed by atoms with van der Waals surface area (Å²) < 4.78 is 0. The molecule has 1 saturated heterocycles. The van der Waals surface area contributed by atoms with Crippen LogP contribution in [-0.4, -0.2) is 23.1 Å². The van der Waals surface area contributed by atoms with Gasteiger partial charge in [-0.3, -0.25) is 4.90 Å². The number of piperidine rings is 1. The van der Waals surface area contributed by atoms with E-state index in [4.69, 9.17) is 0 Å². The molecule has 1 atom stereocenters. The van der Waals surface area contributed by atoms with E-state index in [0.29, 0.717) is 0 Å². The first kappa shape index (κ1) is 11.9. The monoisotopic (exact) mass is 229 g/mol. The molecule has 2 heteroatoms. The molecule has 0 spiro atoms. The zero-order chi connectivity index (χ0) is 12.3. The standard InChI is InChI=1S/C15H19NO/c1-12-8-9-16(11-15(12)13(2)17)10-14-6-4-3-5-7-14/h3-7,15,17H,1-2,8-11H2. The Labute approximate surface area is 103 Å². The summed E-state index contributed by atoms with van der Waals surface area (Å²) >= 11 is 0. The van der Waals surface area contributed by atoms with E-state index in [2.05, 4.69) is 42.3 Å². The molecule has 0 bridgehead atoms. The van der Waals surface area contributed by atoms with Crippen LogP contribution in [0, 0.1) is 5.92 Å². The lowest BCUT2D eigenvalue weighted by molar-refractivity contribution is 0.193. The van der Waals surface area contributed by atoms with Crippen molar-refractivity contribution in [3.63, 3.8) is 0 Å². The normalized spacial score (nSPS) is 21.4. The van der Waals surface area contributed by atoms with Crippen LogP contribution in [0.4, 0.5) is 0 Å². The van der Waals surface area contributed by atoms with Crippen molar-refractivity contribution in [1.82, 2.24) is 4.90 Å². The number of aliphatic hydroxyl groups is 1. The molecule has 1 aliphatic rings. The van der Waals surface area contributed by atoms with E-state index in [9.17, 15) is 5.11 Å². The summed E-state index contributed by atoms with van der Waals surface area (Å²) in [5, 5.41) is 9.55. The largest absolute Gasteiger partial charge is 0.512 e. The average molecular weight is 229 g/mol. The summed E-state index contributed by atoms with van der Waals surface area (Å²) in [6.07, 6.45) is 0.942. The molecule has 1 N–H and O–H groups in total. The van der Waals surface area contributed by atoms with Gasteiger partial charge < -0.3 is 5.11 Å². The Balaban J connectivity index is 1.99. The molecule has 0 aliphatic carbocycles. The zero-order valence-corrected chi connectivity index (χ0v) is 10.1. The Morgan fingerprint density at radius 2 is 2.06 bits per heavy atom. The Morgan fingerprint density at radius 1 is 1.35 bits per heavy atom. The minimum Gasteiger partial charge on any atom is -0.512 e. The fraction of sp³-hybridized carbons (Fsp3) is 0.333. The van der Waals surface area contributed by atoms with Gasteiger partial charge in [0.15, 0.2) is 0 Å². The zero-order valence-electron chi connectivity index (χ0n) is 10.1. The van der Waals surface area contributed by atoms with Crippen LogP contribution in [0.1, 0.15) is 12.0 Å². The van der Waals surface area contributed by atoms with E-state index >= 15 is 0 Å². The molecule has 1 aromatic rings. The first-order valence-corrected chi connectivity index (χ1v) is 5.98. The van der Waals surface area contributed by atoms with E-state index in [1.165, 1.54) is 5.56 Å². The van der Waals surface area contributed by atoms with Gasteiger partial charge >= 0.3 is 0 Å². The van der Waals surface area contributed by atoms with Gasteiger partial charge in [0.1, 0.15) is 0 Å². The van der Waals surface area contributed by atoms with Crippen LogP contribution in [0.15, 0.2) is 54.8 Å². The smallest absolute Gasteiger partial charge is 0.0935 e. The fourth-order valence-corrected chi connectivity index (χ4v) is 2.28. The number of nitrogens with zero attached hydrogens (tertiary/aromatic N) is 1. The van der Waals surface area contributed by atoms with Crippen molar-refractivity contribution >= 4 is 0 Å². The van der Waals surface area contributed by atoms with E-state index < -0.39 is 0 Å². The summed E-state index contributed by atoms with van der Waals surface area (Å²) in [5.74, 6) is 0.278. The molecule has 2 rings (SSSR count). The molecule has 2 nitrogen and oxygen atoms in total. The van der Waals surface area contributed by atoms with Crippen molar-refractivity contribution in [3.05, 3.63) is 60.4 Å². The van der Waals surface area contributed by atoms with Gasteiger partial charge in [-0.05, 0) is 12.0 Å². The molecule has 90 valence electrons. The van der Waals surface area contributed by atoms with Gasteiger partial charge in [-0.2, -0.15) is 0 Å². The minimum absolute atomic E-state index is 0.0347. The van der Waals surface area contributed by atoms with Gasteiger partial charge in [0.05, 0.1) is 5.76 Å². The summed E-state index contributed by atoms with van der Waals surface area (Å²) in [7, 11) is 0. The van der Waals surface area contributed by atoms with Crippen LogP contribution in [-0.2, 0) is 6.54 Å². The highest BCUT2D eigenvalue weighted by Crippen LogP contribution is 2.26. The third kappa shape index (κ3) is 2.98. The third-order valence-electron chi connectivity index (χ3n) is 3.33. The molecule has 17 heavy (non-hydrogen) atoms. The van der Waals surface area contributed by atoms with E-state index in [-0.39, 0.29) is 11.7 Å². The molecular weight excluding hydrogens is 210 g/mol. The van der Waals surface area contributed by atoms with E-state index in [1.54, 1.807) is 0 Å². The van der Waals surface area contributed by atoms with Gasteiger partial charge in [0.2, 0.25) is 0 Å². The summed E-state index contributed by atoms with van der Waals surface area (Å²) in [4.78, 5) is 2.34. The van der Waals surface area contributed by atoms with Crippen molar-refractivity contribution in [2.24, 2.45) is 5.92 Å². The van der Waals surface area contributed by atoms with Crippen molar-refractivity contribution in [2.75, 3.05) is 13.1 Å². The average Bonchev–Trinajstić information content (AvgIpc) is 2.32. The highest BCUT2D eigenvalue weighted by Gasteiger charge is 2.24. The highest BCUT2D eigenvalue weighted by atomic mass is 16.3. The van der Waals surface area contributed by atoms with Gasteiger partial charge in [-0.25, -0.2) is 0 Å². The van der Waals surface area contributed by atoms with Crippen LogP contribution < -0.4 is 0 Å². The lowest BCUT2D eigenvalue weighted by Crippen LogP contribution is -2.36. The maximum atomic E-state index is 9.55. The quantitative estimate of drug-likeness (QED) is 0.636.